The maximum atomic E-state index is 13.5. The normalized spacial score (nSPS) is 11.2. The summed E-state index contributed by atoms with van der Waals surface area (Å²) >= 11 is 5.66. The molecule has 0 fully saturated rings. The number of amides is 1. The van der Waals surface area contributed by atoms with Crippen LogP contribution in [0.5, 0.6) is 0 Å². The molecule has 1 N–H and O–H groups in total. The van der Waals surface area contributed by atoms with E-state index in [1.165, 1.54) is 24.3 Å². The van der Waals surface area contributed by atoms with E-state index < -0.39 is 34.1 Å². The lowest BCUT2D eigenvalue weighted by Crippen LogP contribution is -2.40. The highest BCUT2D eigenvalue weighted by Crippen LogP contribution is 2.24. The number of nitrogens with one attached hydrogen (secondary N) is 1. The predicted molar refractivity (Wildman–Crippen MR) is 91.8 cm³/mol. The second kappa shape index (κ2) is 7.79. The van der Waals surface area contributed by atoms with Crippen molar-refractivity contribution in [1.82, 2.24) is 5.32 Å². The molecule has 0 aromatic heterocycles. The Morgan fingerprint density at radius 2 is 1.84 bits per heavy atom. The van der Waals surface area contributed by atoms with E-state index in [2.05, 4.69) is 5.32 Å². The number of carbonyl (C=O) groups excluding carboxylic acids is 1. The van der Waals surface area contributed by atoms with Gasteiger partial charge in [0.25, 0.3) is 0 Å². The lowest BCUT2D eigenvalue weighted by Gasteiger charge is -2.22. The molecule has 0 aliphatic heterocycles. The molecular formula is C16H15ClF2N2O3S. The molecular weight excluding hydrogens is 374 g/mol. The van der Waals surface area contributed by atoms with Crippen molar-refractivity contribution in [1.29, 1.82) is 0 Å². The summed E-state index contributed by atoms with van der Waals surface area (Å²) in [7, 11) is -3.82. The van der Waals surface area contributed by atoms with Crippen LogP contribution in [-0.2, 0) is 21.4 Å². The SMILES string of the molecule is CS(=O)(=O)N(CC(=O)NCc1ccccc1F)c1ccc(F)c(Cl)c1. The Morgan fingerprint density at radius 1 is 1.16 bits per heavy atom. The molecule has 5 nitrogen and oxygen atoms in total. The number of rotatable bonds is 6. The summed E-state index contributed by atoms with van der Waals surface area (Å²) in [6.45, 7) is -0.636. The third-order valence-corrected chi connectivity index (χ3v) is 4.74. The van der Waals surface area contributed by atoms with Crippen molar-refractivity contribution in [2.75, 3.05) is 17.1 Å². The molecule has 9 heteroatoms. The third kappa shape index (κ3) is 5.14. The van der Waals surface area contributed by atoms with Crippen molar-refractivity contribution in [3.05, 3.63) is 64.7 Å². The molecule has 134 valence electrons. The van der Waals surface area contributed by atoms with E-state index in [9.17, 15) is 22.0 Å². The summed E-state index contributed by atoms with van der Waals surface area (Å²) in [5.74, 6) is -1.83. The zero-order valence-corrected chi connectivity index (χ0v) is 14.7. The third-order valence-electron chi connectivity index (χ3n) is 3.31. The van der Waals surface area contributed by atoms with Crippen LogP contribution in [-0.4, -0.2) is 27.1 Å². The Hall–Kier alpha value is -2.19. The number of nitrogens with zero attached hydrogens (tertiary/aromatic N) is 1. The van der Waals surface area contributed by atoms with E-state index in [1.807, 2.05) is 0 Å². The summed E-state index contributed by atoms with van der Waals surface area (Å²) in [6.07, 6.45) is 0.911. The molecule has 2 aromatic carbocycles. The minimum Gasteiger partial charge on any atom is -0.350 e. The summed E-state index contributed by atoms with van der Waals surface area (Å²) < 4.78 is 51.5. The molecule has 0 unspecified atom stereocenters. The van der Waals surface area contributed by atoms with E-state index in [0.717, 1.165) is 22.7 Å². The van der Waals surface area contributed by atoms with Gasteiger partial charge in [0.05, 0.1) is 17.0 Å². The Bertz CT molecular complexity index is 891. The smallest absolute Gasteiger partial charge is 0.241 e. The van der Waals surface area contributed by atoms with E-state index in [-0.39, 0.29) is 22.8 Å². The molecule has 0 atom stereocenters. The van der Waals surface area contributed by atoms with Gasteiger partial charge in [-0.05, 0) is 24.3 Å². The van der Waals surface area contributed by atoms with Crippen LogP contribution in [0.15, 0.2) is 42.5 Å². The number of sulfonamides is 1. The minimum atomic E-state index is -3.82. The highest BCUT2D eigenvalue weighted by molar-refractivity contribution is 7.92. The van der Waals surface area contributed by atoms with Crippen LogP contribution < -0.4 is 9.62 Å². The van der Waals surface area contributed by atoms with Crippen LogP contribution in [0.25, 0.3) is 0 Å². The standard InChI is InChI=1S/C16H15ClF2N2O3S/c1-25(23,24)21(12-6-7-15(19)13(17)8-12)10-16(22)20-9-11-4-2-3-5-14(11)18/h2-8H,9-10H2,1H3,(H,20,22). The molecule has 2 aromatic rings. The number of halogens is 3. The first kappa shape index (κ1) is 19.1. The van der Waals surface area contributed by atoms with Crippen molar-refractivity contribution in [2.24, 2.45) is 0 Å². The number of benzene rings is 2. The van der Waals surface area contributed by atoms with Crippen molar-refractivity contribution in [3.63, 3.8) is 0 Å². The fraction of sp³-hybridized carbons (Fsp3) is 0.188. The van der Waals surface area contributed by atoms with Gasteiger partial charge in [-0.1, -0.05) is 29.8 Å². The maximum absolute atomic E-state index is 13.5. The lowest BCUT2D eigenvalue weighted by atomic mass is 10.2. The second-order valence-corrected chi connectivity index (χ2v) is 7.55. The van der Waals surface area contributed by atoms with Crippen LogP contribution in [0.3, 0.4) is 0 Å². The highest BCUT2D eigenvalue weighted by Gasteiger charge is 2.21. The summed E-state index contributed by atoms with van der Waals surface area (Å²) in [5.41, 5.74) is 0.321. The average molecular weight is 389 g/mol. The molecule has 0 saturated heterocycles. The van der Waals surface area contributed by atoms with Gasteiger partial charge in [0.2, 0.25) is 15.9 Å². The first-order valence-electron chi connectivity index (χ1n) is 7.11. The molecule has 25 heavy (non-hydrogen) atoms. The zero-order valence-electron chi connectivity index (χ0n) is 13.2. The molecule has 0 bridgehead atoms. The second-order valence-electron chi connectivity index (χ2n) is 5.24. The van der Waals surface area contributed by atoms with Gasteiger partial charge >= 0.3 is 0 Å². The first-order valence-corrected chi connectivity index (χ1v) is 9.34. The van der Waals surface area contributed by atoms with Gasteiger partial charge in [-0.2, -0.15) is 0 Å². The maximum Gasteiger partial charge on any atom is 0.241 e. The largest absolute Gasteiger partial charge is 0.350 e. The van der Waals surface area contributed by atoms with Crippen molar-refractivity contribution in [2.45, 2.75) is 6.54 Å². The van der Waals surface area contributed by atoms with Gasteiger partial charge in [0, 0.05) is 12.1 Å². The Balaban J connectivity index is 2.13. The Kier molecular flexibility index (Phi) is 5.97. The molecule has 0 spiro atoms. The van der Waals surface area contributed by atoms with E-state index in [4.69, 9.17) is 11.6 Å². The van der Waals surface area contributed by atoms with Gasteiger partial charge < -0.3 is 5.32 Å². The van der Waals surface area contributed by atoms with Gasteiger partial charge in [0.1, 0.15) is 18.2 Å². The fourth-order valence-electron chi connectivity index (χ4n) is 2.06. The predicted octanol–water partition coefficient (Wildman–Crippen LogP) is 2.70. The van der Waals surface area contributed by atoms with Crippen LogP contribution in [0.2, 0.25) is 5.02 Å². The summed E-state index contributed by atoms with van der Waals surface area (Å²) in [4.78, 5) is 12.1. The molecule has 0 heterocycles. The first-order chi connectivity index (χ1) is 11.7. The highest BCUT2D eigenvalue weighted by atomic mass is 35.5. The van der Waals surface area contributed by atoms with Crippen molar-refractivity contribution < 1.29 is 22.0 Å². The molecule has 0 saturated carbocycles. The monoisotopic (exact) mass is 388 g/mol. The number of anilines is 1. The number of hydrogen-bond acceptors (Lipinski definition) is 3. The van der Waals surface area contributed by atoms with Crippen LogP contribution in [0.1, 0.15) is 5.56 Å². The van der Waals surface area contributed by atoms with Gasteiger partial charge in [0.15, 0.2) is 0 Å². The number of hydrogen-bond donors (Lipinski definition) is 1. The van der Waals surface area contributed by atoms with Crippen LogP contribution in [0.4, 0.5) is 14.5 Å². The van der Waals surface area contributed by atoms with Gasteiger partial charge in [-0.15, -0.1) is 0 Å². The molecule has 1 amide bonds. The van der Waals surface area contributed by atoms with E-state index >= 15 is 0 Å². The molecule has 0 aliphatic rings. The topological polar surface area (TPSA) is 66.5 Å². The van der Waals surface area contributed by atoms with E-state index in [1.54, 1.807) is 6.07 Å². The Morgan fingerprint density at radius 3 is 2.44 bits per heavy atom. The zero-order chi connectivity index (χ0) is 18.6. The summed E-state index contributed by atoms with van der Waals surface area (Å²) in [5, 5.41) is 2.18. The fourth-order valence-corrected chi connectivity index (χ4v) is 3.09. The van der Waals surface area contributed by atoms with Crippen LogP contribution >= 0.6 is 11.6 Å². The van der Waals surface area contributed by atoms with Gasteiger partial charge in [-0.3, -0.25) is 9.10 Å². The van der Waals surface area contributed by atoms with Crippen molar-refractivity contribution in [3.8, 4) is 0 Å². The minimum absolute atomic E-state index is 0.0509. The van der Waals surface area contributed by atoms with Crippen LogP contribution in [0, 0.1) is 11.6 Å². The van der Waals surface area contributed by atoms with E-state index in [0.29, 0.717) is 0 Å². The molecule has 2 rings (SSSR count). The molecule has 0 radical (unpaired) electrons. The average Bonchev–Trinajstić information content (AvgIpc) is 2.53. The van der Waals surface area contributed by atoms with Crippen molar-refractivity contribution >= 4 is 33.2 Å². The Labute approximate surface area is 149 Å². The lowest BCUT2D eigenvalue weighted by molar-refractivity contribution is -0.119. The number of carbonyl (C=O) groups is 1. The molecule has 0 aliphatic carbocycles. The summed E-state index contributed by atoms with van der Waals surface area (Å²) in [6, 6.07) is 9.22. The quantitative estimate of drug-likeness (QED) is 0.827. The van der Waals surface area contributed by atoms with Gasteiger partial charge in [-0.25, -0.2) is 17.2 Å².